The minimum atomic E-state index is -0.265. The molecule has 0 aliphatic heterocycles. The molecule has 6 heteroatoms. The summed E-state index contributed by atoms with van der Waals surface area (Å²) in [4.78, 5) is 20.3. The molecule has 1 heterocycles. The Hall–Kier alpha value is -3.28. The fourth-order valence-electron chi connectivity index (χ4n) is 2.86. The Labute approximate surface area is 149 Å². The number of benzene rings is 2. The van der Waals surface area contributed by atoms with Crippen molar-refractivity contribution in [3.63, 3.8) is 0 Å². The number of hydrogen-bond acceptors (Lipinski definition) is 4. The number of anilines is 1. The van der Waals surface area contributed by atoms with Gasteiger partial charge in [0.05, 0.1) is 6.20 Å². The lowest BCUT2D eigenvalue weighted by molar-refractivity contribution is -0.117. The van der Waals surface area contributed by atoms with E-state index < -0.39 is 0 Å². The first-order valence-electron chi connectivity index (χ1n) is 8.29. The molecule has 1 saturated carbocycles. The van der Waals surface area contributed by atoms with E-state index in [1.165, 1.54) is 18.3 Å². The third-order valence-corrected chi connectivity index (χ3v) is 4.31. The van der Waals surface area contributed by atoms with Gasteiger partial charge in [-0.2, -0.15) is 0 Å². The second-order valence-electron chi connectivity index (χ2n) is 6.16. The van der Waals surface area contributed by atoms with Crippen LogP contribution in [0.1, 0.15) is 17.9 Å². The molecule has 1 amide bonds. The van der Waals surface area contributed by atoms with Crippen molar-refractivity contribution >= 4 is 11.6 Å². The van der Waals surface area contributed by atoms with Crippen LogP contribution < -0.4 is 10.1 Å². The van der Waals surface area contributed by atoms with Crippen LogP contribution in [0.25, 0.3) is 0 Å². The molecular weight excluding hydrogens is 333 g/mol. The first kappa shape index (κ1) is 16.2. The zero-order chi connectivity index (χ0) is 17.9. The monoisotopic (exact) mass is 349 g/mol. The van der Waals surface area contributed by atoms with E-state index in [-0.39, 0.29) is 23.6 Å². The molecule has 2 atom stereocenters. The number of ether oxygens (including phenoxy) is 1. The Morgan fingerprint density at radius 1 is 1.08 bits per heavy atom. The summed E-state index contributed by atoms with van der Waals surface area (Å²) in [7, 11) is 0. The molecule has 5 nitrogen and oxygen atoms in total. The Balaban J connectivity index is 1.34. The third kappa shape index (κ3) is 3.69. The molecule has 0 unspecified atom stereocenters. The van der Waals surface area contributed by atoms with Crippen LogP contribution in [0.4, 0.5) is 10.1 Å². The molecule has 1 aromatic heterocycles. The Kier molecular flexibility index (Phi) is 4.31. The predicted octanol–water partition coefficient (Wildman–Crippen LogP) is 4.15. The van der Waals surface area contributed by atoms with Crippen LogP contribution in [-0.4, -0.2) is 15.9 Å². The molecule has 1 aliphatic carbocycles. The van der Waals surface area contributed by atoms with Gasteiger partial charge in [-0.05, 0) is 54.3 Å². The van der Waals surface area contributed by atoms with Crippen LogP contribution in [0.2, 0.25) is 0 Å². The van der Waals surface area contributed by atoms with Crippen molar-refractivity contribution in [2.24, 2.45) is 5.92 Å². The second-order valence-corrected chi connectivity index (χ2v) is 6.16. The van der Waals surface area contributed by atoms with Crippen LogP contribution in [0.3, 0.4) is 0 Å². The maximum Gasteiger partial charge on any atom is 0.237 e. The van der Waals surface area contributed by atoms with Gasteiger partial charge in [-0.15, -0.1) is 0 Å². The number of rotatable bonds is 5. The summed E-state index contributed by atoms with van der Waals surface area (Å²) in [6.07, 6.45) is 5.43. The number of hydrogen-bond donors (Lipinski definition) is 1. The van der Waals surface area contributed by atoms with Gasteiger partial charge in [0.25, 0.3) is 0 Å². The smallest absolute Gasteiger partial charge is 0.237 e. The topological polar surface area (TPSA) is 64.1 Å². The molecule has 130 valence electrons. The zero-order valence-electron chi connectivity index (χ0n) is 13.8. The lowest BCUT2D eigenvalue weighted by atomic mass is 10.1. The molecule has 1 aliphatic rings. The first-order valence-corrected chi connectivity index (χ1v) is 8.29. The molecular formula is C20H16FN3O2. The maximum absolute atomic E-state index is 13.0. The largest absolute Gasteiger partial charge is 0.438 e. The lowest BCUT2D eigenvalue weighted by Gasteiger charge is -2.07. The minimum absolute atomic E-state index is 0.0260. The van der Waals surface area contributed by atoms with Crippen molar-refractivity contribution in [2.45, 2.75) is 12.3 Å². The van der Waals surface area contributed by atoms with Crippen LogP contribution in [0, 0.1) is 11.7 Å². The third-order valence-electron chi connectivity index (χ3n) is 4.31. The van der Waals surface area contributed by atoms with Gasteiger partial charge < -0.3 is 10.1 Å². The van der Waals surface area contributed by atoms with Crippen molar-refractivity contribution in [3.8, 4) is 11.6 Å². The number of nitrogens with one attached hydrogen (secondary N) is 1. The van der Waals surface area contributed by atoms with E-state index in [0.717, 1.165) is 12.0 Å². The number of halogens is 1. The molecule has 3 aromatic rings. The van der Waals surface area contributed by atoms with E-state index in [9.17, 15) is 9.18 Å². The van der Waals surface area contributed by atoms with E-state index in [4.69, 9.17) is 4.74 Å². The molecule has 1 fully saturated rings. The van der Waals surface area contributed by atoms with Gasteiger partial charge in [-0.1, -0.05) is 12.1 Å². The Morgan fingerprint density at radius 2 is 1.85 bits per heavy atom. The Morgan fingerprint density at radius 3 is 2.54 bits per heavy atom. The molecule has 26 heavy (non-hydrogen) atoms. The summed E-state index contributed by atoms with van der Waals surface area (Å²) >= 11 is 0. The summed E-state index contributed by atoms with van der Waals surface area (Å²) in [6.45, 7) is 0. The highest BCUT2D eigenvalue weighted by Crippen LogP contribution is 2.48. The fraction of sp³-hybridized carbons (Fsp3) is 0.150. The van der Waals surface area contributed by atoms with E-state index in [2.05, 4.69) is 15.3 Å². The average Bonchev–Trinajstić information content (AvgIpc) is 3.46. The molecule has 1 N–H and O–H groups in total. The predicted molar refractivity (Wildman–Crippen MR) is 94.4 cm³/mol. The SMILES string of the molecule is O=C(Nc1ccc(Oc2cnccn2)cc1)[C@H]1C[C@@H]1c1ccc(F)cc1. The van der Waals surface area contributed by atoms with E-state index in [1.54, 1.807) is 48.8 Å². The summed E-state index contributed by atoms with van der Waals surface area (Å²) < 4.78 is 18.6. The highest BCUT2D eigenvalue weighted by atomic mass is 19.1. The standard InChI is InChI=1S/C20H16FN3O2/c21-14-3-1-13(2-4-14)17-11-18(17)20(25)24-15-5-7-16(8-6-15)26-19-12-22-9-10-23-19/h1-10,12,17-18H,11H2,(H,24,25)/t17-,18+/m1/s1. The van der Waals surface area contributed by atoms with Crippen molar-refractivity contribution < 1.29 is 13.9 Å². The molecule has 2 aromatic carbocycles. The summed E-state index contributed by atoms with van der Waals surface area (Å²) in [6, 6.07) is 13.4. The summed E-state index contributed by atoms with van der Waals surface area (Å²) in [5.74, 6) is 0.815. The molecule has 0 radical (unpaired) electrons. The first-order chi connectivity index (χ1) is 12.7. The van der Waals surface area contributed by atoms with E-state index in [0.29, 0.717) is 17.3 Å². The molecule has 0 saturated heterocycles. The zero-order valence-corrected chi connectivity index (χ0v) is 13.8. The molecule has 4 rings (SSSR count). The van der Waals surface area contributed by atoms with E-state index in [1.807, 2.05) is 0 Å². The van der Waals surface area contributed by atoms with Gasteiger partial charge in [0.1, 0.15) is 11.6 Å². The van der Waals surface area contributed by atoms with Crippen LogP contribution in [0.15, 0.2) is 67.1 Å². The molecule has 0 spiro atoms. The van der Waals surface area contributed by atoms with Crippen molar-refractivity contribution in [3.05, 3.63) is 78.5 Å². The van der Waals surface area contributed by atoms with Crippen LogP contribution in [0.5, 0.6) is 11.6 Å². The number of carbonyl (C=O) groups excluding carboxylic acids is 1. The fourth-order valence-corrected chi connectivity index (χ4v) is 2.86. The van der Waals surface area contributed by atoms with Crippen LogP contribution in [-0.2, 0) is 4.79 Å². The van der Waals surface area contributed by atoms with Gasteiger partial charge in [-0.25, -0.2) is 9.37 Å². The summed E-state index contributed by atoms with van der Waals surface area (Å²) in [5, 5.41) is 2.91. The quantitative estimate of drug-likeness (QED) is 0.751. The highest BCUT2D eigenvalue weighted by molar-refractivity contribution is 5.95. The summed E-state index contributed by atoms with van der Waals surface area (Å²) in [5.41, 5.74) is 1.70. The highest BCUT2D eigenvalue weighted by Gasteiger charge is 2.43. The van der Waals surface area contributed by atoms with Gasteiger partial charge in [0, 0.05) is 24.0 Å². The number of amides is 1. The average molecular weight is 349 g/mol. The number of aromatic nitrogens is 2. The molecule has 0 bridgehead atoms. The number of carbonyl (C=O) groups is 1. The van der Waals surface area contributed by atoms with Crippen molar-refractivity contribution in [2.75, 3.05) is 5.32 Å². The Bertz CT molecular complexity index is 899. The maximum atomic E-state index is 13.0. The van der Waals surface area contributed by atoms with Crippen LogP contribution >= 0.6 is 0 Å². The lowest BCUT2D eigenvalue weighted by Crippen LogP contribution is -2.14. The van der Waals surface area contributed by atoms with Crippen molar-refractivity contribution in [1.82, 2.24) is 9.97 Å². The second kappa shape index (κ2) is 6.92. The van der Waals surface area contributed by atoms with Gasteiger partial charge >= 0.3 is 0 Å². The minimum Gasteiger partial charge on any atom is -0.438 e. The van der Waals surface area contributed by atoms with E-state index >= 15 is 0 Å². The van der Waals surface area contributed by atoms with Gasteiger partial charge in [-0.3, -0.25) is 9.78 Å². The number of nitrogens with zero attached hydrogens (tertiary/aromatic N) is 2. The normalized spacial score (nSPS) is 18.2. The van der Waals surface area contributed by atoms with Gasteiger partial charge in [0.2, 0.25) is 11.8 Å². The van der Waals surface area contributed by atoms with Gasteiger partial charge in [0.15, 0.2) is 0 Å². The van der Waals surface area contributed by atoms with Crippen molar-refractivity contribution in [1.29, 1.82) is 0 Å².